The number of hydrogen-bond donors (Lipinski definition) is 3. The van der Waals surface area contributed by atoms with Gasteiger partial charge in [-0.15, -0.1) is 0 Å². The third kappa shape index (κ3) is 13.2. The number of aryl methyl sites for hydroxylation is 2. The summed E-state index contributed by atoms with van der Waals surface area (Å²) in [7, 11) is 0. The predicted molar refractivity (Wildman–Crippen MR) is 230 cm³/mol. The van der Waals surface area contributed by atoms with E-state index in [9.17, 15) is 14.4 Å². The fourth-order valence-corrected chi connectivity index (χ4v) is 8.11. The smallest absolute Gasteiger partial charge is 0.407 e. The van der Waals surface area contributed by atoms with Crippen LogP contribution < -0.4 is 21.1 Å². The highest BCUT2D eigenvalue weighted by molar-refractivity contribution is 5.99. The minimum atomic E-state index is -0.459. The van der Waals surface area contributed by atoms with Crippen molar-refractivity contribution in [2.45, 2.75) is 118 Å². The molecular weight excluding hydrogens is 717 g/mol. The standard InChI is InChI=1S/C46H68N6O5/c1-8-52(39-18-26-56-27-19-39)42-30-38(29-40(35(42)4)43(53)48-31-41-33(2)28-34(3)49-44(41)54)37-16-14-36(15-17-37)32-51-24-22-50(23-25-51)21-13-11-9-10-12-20-47-45(55)57-46(5,6)7/h14-17,28-30,39H,8-13,18-27,31-32H2,1-7H3,(H,47,55)(H,48,53)(H,49,54). The summed E-state index contributed by atoms with van der Waals surface area (Å²) >= 11 is 0. The number of anilines is 1. The van der Waals surface area contributed by atoms with Crippen LogP contribution in [0.1, 0.15) is 111 Å². The molecule has 0 spiro atoms. The van der Waals surface area contributed by atoms with Gasteiger partial charge < -0.3 is 34.9 Å². The van der Waals surface area contributed by atoms with Gasteiger partial charge in [0.2, 0.25) is 0 Å². The van der Waals surface area contributed by atoms with Gasteiger partial charge in [-0.25, -0.2) is 4.79 Å². The summed E-state index contributed by atoms with van der Waals surface area (Å²) in [5.74, 6) is -0.182. The minimum absolute atomic E-state index is 0.163. The summed E-state index contributed by atoms with van der Waals surface area (Å²) in [6.45, 7) is 23.2. The minimum Gasteiger partial charge on any atom is -0.444 e. The van der Waals surface area contributed by atoms with Crippen molar-refractivity contribution in [3.63, 3.8) is 0 Å². The largest absolute Gasteiger partial charge is 0.444 e. The van der Waals surface area contributed by atoms with Gasteiger partial charge in [0.1, 0.15) is 5.60 Å². The molecule has 2 aliphatic rings. The average Bonchev–Trinajstić information content (AvgIpc) is 3.17. The lowest BCUT2D eigenvalue weighted by atomic mass is 9.94. The summed E-state index contributed by atoms with van der Waals surface area (Å²) in [6, 6.07) is 15.4. The number of pyridine rings is 1. The van der Waals surface area contributed by atoms with Crippen LogP contribution >= 0.6 is 0 Å². The van der Waals surface area contributed by atoms with Gasteiger partial charge in [-0.3, -0.25) is 14.5 Å². The average molecular weight is 785 g/mol. The van der Waals surface area contributed by atoms with Gasteiger partial charge in [0, 0.05) is 94.1 Å². The molecule has 2 aromatic carbocycles. The van der Waals surface area contributed by atoms with E-state index in [1.807, 2.05) is 53.7 Å². The number of nitrogens with zero attached hydrogens (tertiary/aromatic N) is 3. The Labute approximate surface area is 340 Å². The molecule has 5 rings (SSSR count). The molecule has 2 fully saturated rings. The number of carbonyl (C=O) groups is 2. The first-order valence-electron chi connectivity index (χ1n) is 21.3. The highest BCUT2D eigenvalue weighted by Crippen LogP contribution is 2.34. The highest BCUT2D eigenvalue weighted by atomic mass is 16.6. The Hall–Kier alpha value is -4.19. The molecule has 11 heteroatoms. The molecule has 0 saturated carbocycles. The first kappa shape index (κ1) is 43.9. The summed E-state index contributed by atoms with van der Waals surface area (Å²) in [5.41, 5.74) is 7.65. The molecule has 0 aliphatic carbocycles. The fourth-order valence-electron chi connectivity index (χ4n) is 8.11. The Morgan fingerprint density at radius 3 is 2.21 bits per heavy atom. The summed E-state index contributed by atoms with van der Waals surface area (Å²) < 4.78 is 11.0. The van der Waals surface area contributed by atoms with Crippen LogP contribution in [0.25, 0.3) is 11.1 Å². The maximum atomic E-state index is 13.9. The Bertz CT molecular complexity index is 1820. The maximum Gasteiger partial charge on any atom is 0.407 e. The molecule has 312 valence electrons. The van der Waals surface area contributed by atoms with E-state index < -0.39 is 5.60 Å². The van der Waals surface area contributed by atoms with E-state index in [1.54, 1.807) is 0 Å². The molecule has 1 aromatic heterocycles. The number of hydrogen-bond acceptors (Lipinski definition) is 8. The number of ether oxygens (including phenoxy) is 2. The van der Waals surface area contributed by atoms with E-state index >= 15 is 0 Å². The molecule has 0 bridgehead atoms. The lowest BCUT2D eigenvalue weighted by molar-refractivity contribution is 0.0526. The van der Waals surface area contributed by atoms with E-state index in [0.717, 1.165) is 118 Å². The third-order valence-electron chi connectivity index (χ3n) is 11.3. The number of unbranched alkanes of at least 4 members (excludes halogenated alkanes) is 4. The quantitative estimate of drug-likeness (QED) is 0.121. The van der Waals surface area contributed by atoms with E-state index in [0.29, 0.717) is 23.7 Å². The van der Waals surface area contributed by atoms with Crippen molar-refractivity contribution in [3.05, 3.63) is 86.3 Å². The zero-order valence-corrected chi connectivity index (χ0v) is 35.7. The van der Waals surface area contributed by atoms with E-state index in [-0.39, 0.29) is 24.1 Å². The third-order valence-corrected chi connectivity index (χ3v) is 11.3. The molecule has 2 saturated heterocycles. The van der Waals surface area contributed by atoms with E-state index in [4.69, 9.17) is 9.47 Å². The second-order valence-electron chi connectivity index (χ2n) is 16.9. The van der Waals surface area contributed by atoms with Crippen molar-refractivity contribution in [2.75, 3.05) is 63.9 Å². The van der Waals surface area contributed by atoms with Crippen molar-refractivity contribution in [3.8, 4) is 11.1 Å². The monoisotopic (exact) mass is 785 g/mol. The van der Waals surface area contributed by atoms with Crippen molar-refractivity contribution in [1.29, 1.82) is 0 Å². The van der Waals surface area contributed by atoms with Gasteiger partial charge >= 0.3 is 6.09 Å². The lowest BCUT2D eigenvalue weighted by Gasteiger charge is -2.37. The number of benzene rings is 2. The maximum absolute atomic E-state index is 13.9. The van der Waals surface area contributed by atoms with Crippen molar-refractivity contribution in [2.24, 2.45) is 0 Å². The van der Waals surface area contributed by atoms with Gasteiger partial charge in [0.15, 0.2) is 0 Å². The molecule has 11 nitrogen and oxygen atoms in total. The second-order valence-corrected chi connectivity index (χ2v) is 16.9. The van der Waals surface area contributed by atoms with Crippen LogP contribution in [0, 0.1) is 20.8 Å². The molecule has 2 aliphatic heterocycles. The normalized spacial score (nSPS) is 15.7. The molecule has 3 heterocycles. The van der Waals surface area contributed by atoms with E-state index in [2.05, 4.69) is 67.6 Å². The van der Waals surface area contributed by atoms with Crippen LogP contribution in [0.3, 0.4) is 0 Å². The number of carbonyl (C=O) groups excluding carboxylic acids is 2. The predicted octanol–water partition coefficient (Wildman–Crippen LogP) is 7.50. The topological polar surface area (TPSA) is 119 Å². The zero-order chi connectivity index (χ0) is 41.0. The van der Waals surface area contributed by atoms with Gasteiger partial charge in [-0.1, -0.05) is 43.5 Å². The summed E-state index contributed by atoms with van der Waals surface area (Å²) in [5, 5.41) is 5.92. The first-order chi connectivity index (χ1) is 27.3. The lowest BCUT2D eigenvalue weighted by Crippen LogP contribution is -2.46. The SMILES string of the molecule is CCN(c1cc(-c2ccc(CN3CCN(CCCCCCCNC(=O)OC(C)(C)C)CC3)cc2)cc(C(=O)NCc2c(C)cc(C)[nH]c2=O)c1C)C1CCOCC1. The van der Waals surface area contributed by atoms with Gasteiger partial charge in [0.05, 0.1) is 0 Å². The van der Waals surface area contributed by atoms with Gasteiger partial charge in [-0.05, 0) is 127 Å². The molecule has 3 aromatic rings. The molecule has 2 amide bonds. The molecule has 0 radical (unpaired) electrons. The Morgan fingerprint density at radius 1 is 0.877 bits per heavy atom. The first-order valence-corrected chi connectivity index (χ1v) is 21.3. The number of rotatable bonds is 17. The van der Waals surface area contributed by atoms with Crippen LogP contribution in [-0.4, -0.2) is 97.5 Å². The number of alkyl carbamates (subject to hydrolysis) is 1. The number of aromatic amines is 1. The highest BCUT2D eigenvalue weighted by Gasteiger charge is 2.25. The Morgan fingerprint density at radius 2 is 1.54 bits per heavy atom. The summed E-state index contributed by atoms with van der Waals surface area (Å²) in [6.07, 6.45) is 7.29. The van der Waals surface area contributed by atoms with Crippen molar-refractivity contribution < 1.29 is 19.1 Å². The number of amides is 2. The van der Waals surface area contributed by atoms with Gasteiger partial charge in [0.25, 0.3) is 11.5 Å². The van der Waals surface area contributed by atoms with E-state index in [1.165, 1.54) is 24.8 Å². The van der Waals surface area contributed by atoms with Crippen LogP contribution in [0.5, 0.6) is 0 Å². The molecule has 0 unspecified atom stereocenters. The van der Waals surface area contributed by atoms with Crippen LogP contribution in [0.2, 0.25) is 0 Å². The number of aromatic nitrogens is 1. The number of nitrogens with one attached hydrogen (secondary N) is 3. The molecule has 57 heavy (non-hydrogen) atoms. The van der Waals surface area contributed by atoms with Crippen LogP contribution in [0.15, 0.2) is 47.3 Å². The van der Waals surface area contributed by atoms with Crippen molar-refractivity contribution >= 4 is 17.7 Å². The number of piperazine rings is 1. The Kier molecular flexibility index (Phi) is 16.2. The molecule has 3 N–H and O–H groups in total. The fraction of sp³-hybridized carbons (Fsp3) is 0.587. The van der Waals surface area contributed by atoms with Crippen LogP contribution in [-0.2, 0) is 22.6 Å². The van der Waals surface area contributed by atoms with Gasteiger partial charge in [-0.2, -0.15) is 0 Å². The molecular formula is C46H68N6O5. The van der Waals surface area contributed by atoms with Crippen LogP contribution in [0.4, 0.5) is 10.5 Å². The summed E-state index contributed by atoms with van der Waals surface area (Å²) in [4.78, 5) is 48.9. The second kappa shape index (κ2) is 21.0. The number of H-pyrrole nitrogens is 1. The zero-order valence-electron chi connectivity index (χ0n) is 35.7. The molecule has 0 atom stereocenters. The van der Waals surface area contributed by atoms with Crippen molar-refractivity contribution in [1.82, 2.24) is 25.4 Å². The Balaban J connectivity index is 1.16.